The summed E-state index contributed by atoms with van der Waals surface area (Å²) in [4.78, 5) is 2.27. The van der Waals surface area contributed by atoms with Crippen molar-refractivity contribution >= 4 is 18.2 Å². The van der Waals surface area contributed by atoms with Gasteiger partial charge in [-0.15, -0.1) is 5.10 Å². The van der Waals surface area contributed by atoms with Gasteiger partial charge in [-0.1, -0.05) is 18.2 Å². The summed E-state index contributed by atoms with van der Waals surface area (Å²) in [5.41, 5.74) is 1.04. The monoisotopic (exact) mass is 290 g/mol. The molecule has 0 spiro atoms. The van der Waals surface area contributed by atoms with Gasteiger partial charge in [-0.25, -0.2) is 5.10 Å². The van der Waals surface area contributed by atoms with Crippen LogP contribution in [0.1, 0.15) is 6.42 Å². The number of nitrogens with one attached hydrogen (secondary N) is 1. The molecule has 3 rings (SSSR count). The zero-order chi connectivity index (χ0) is 13.9. The van der Waals surface area contributed by atoms with Crippen LogP contribution >= 0.6 is 12.2 Å². The van der Waals surface area contributed by atoms with E-state index in [1.54, 1.807) is 7.11 Å². The van der Waals surface area contributed by atoms with Crippen molar-refractivity contribution in [3.8, 4) is 5.69 Å². The van der Waals surface area contributed by atoms with Crippen LogP contribution < -0.4 is 4.90 Å². The third kappa shape index (κ3) is 2.48. The number of aromatic amines is 1. The lowest BCUT2D eigenvalue weighted by Gasteiger charge is -2.18. The van der Waals surface area contributed by atoms with Crippen LogP contribution in [0.3, 0.4) is 0 Å². The molecule has 1 atom stereocenters. The fourth-order valence-electron chi connectivity index (χ4n) is 2.70. The fraction of sp³-hybridized carbons (Fsp3) is 0.429. The van der Waals surface area contributed by atoms with Gasteiger partial charge in [0.25, 0.3) is 0 Å². The zero-order valence-corrected chi connectivity index (χ0v) is 12.3. The number of rotatable bonds is 4. The van der Waals surface area contributed by atoms with Gasteiger partial charge in [0, 0.05) is 26.1 Å². The van der Waals surface area contributed by atoms with E-state index in [0.29, 0.717) is 10.7 Å². The minimum Gasteiger partial charge on any atom is -0.384 e. The van der Waals surface area contributed by atoms with Gasteiger partial charge in [-0.3, -0.25) is 4.57 Å². The Morgan fingerprint density at radius 2 is 2.20 bits per heavy atom. The summed E-state index contributed by atoms with van der Waals surface area (Å²) in [5.74, 6) is 1.45. The predicted molar refractivity (Wildman–Crippen MR) is 80.9 cm³/mol. The van der Waals surface area contributed by atoms with Crippen molar-refractivity contribution < 1.29 is 4.74 Å². The molecule has 20 heavy (non-hydrogen) atoms. The van der Waals surface area contributed by atoms with E-state index < -0.39 is 0 Å². The lowest BCUT2D eigenvalue weighted by atomic mass is 10.1. The molecule has 106 valence electrons. The Kier molecular flexibility index (Phi) is 3.84. The Hall–Kier alpha value is -1.66. The molecule has 1 aromatic heterocycles. The van der Waals surface area contributed by atoms with Crippen LogP contribution in [0.25, 0.3) is 5.69 Å². The van der Waals surface area contributed by atoms with Crippen molar-refractivity contribution in [3.05, 3.63) is 35.1 Å². The summed E-state index contributed by atoms with van der Waals surface area (Å²) in [6, 6.07) is 10.1. The van der Waals surface area contributed by atoms with E-state index in [0.717, 1.165) is 37.8 Å². The van der Waals surface area contributed by atoms with Gasteiger partial charge >= 0.3 is 0 Å². The third-order valence-corrected chi connectivity index (χ3v) is 3.91. The number of ether oxygens (including phenoxy) is 1. The maximum absolute atomic E-state index is 5.36. The van der Waals surface area contributed by atoms with Gasteiger partial charge in [-0.05, 0) is 30.8 Å². The molecule has 1 aliphatic heterocycles. The number of hydrogen-bond acceptors (Lipinski definition) is 4. The lowest BCUT2D eigenvalue weighted by molar-refractivity contribution is 0.161. The largest absolute Gasteiger partial charge is 0.384 e. The molecule has 2 aromatic rings. The Labute approximate surface area is 123 Å². The highest BCUT2D eigenvalue weighted by molar-refractivity contribution is 7.71. The van der Waals surface area contributed by atoms with E-state index >= 15 is 0 Å². The van der Waals surface area contributed by atoms with Crippen molar-refractivity contribution in [2.75, 3.05) is 31.7 Å². The van der Waals surface area contributed by atoms with E-state index in [9.17, 15) is 0 Å². The first-order valence-corrected chi connectivity index (χ1v) is 7.17. The van der Waals surface area contributed by atoms with Gasteiger partial charge in [0.05, 0.1) is 12.3 Å². The molecular weight excluding hydrogens is 272 g/mol. The maximum Gasteiger partial charge on any atom is 0.230 e. The number of H-pyrrole nitrogens is 1. The van der Waals surface area contributed by atoms with Crippen molar-refractivity contribution in [2.24, 2.45) is 5.92 Å². The van der Waals surface area contributed by atoms with Crippen LogP contribution in [0.2, 0.25) is 0 Å². The lowest BCUT2D eigenvalue weighted by Crippen LogP contribution is -2.24. The molecule has 0 aliphatic carbocycles. The molecule has 1 saturated heterocycles. The number of nitrogens with zero attached hydrogens (tertiary/aromatic N) is 3. The summed E-state index contributed by atoms with van der Waals surface area (Å²) in [7, 11) is 1.75. The standard InChI is InChI=1S/C14H18N4OS/c1-19-10-11-7-8-17(9-11)13-15-16-14(20)18(13)12-5-3-2-4-6-12/h2-6,11H,7-10H2,1H3,(H,16,20). The van der Waals surface area contributed by atoms with Gasteiger partial charge < -0.3 is 9.64 Å². The molecule has 1 aliphatic rings. The van der Waals surface area contributed by atoms with E-state index in [4.69, 9.17) is 17.0 Å². The minimum absolute atomic E-state index is 0.564. The van der Waals surface area contributed by atoms with Crippen molar-refractivity contribution in [3.63, 3.8) is 0 Å². The Bertz CT molecular complexity index is 622. The van der Waals surface area contributed by atoms with Crippen LogP contribution in [0.5, 0.6) is 0 Å². The van der Waals surface area contributed by atoms with Gasteiger partial charge in [0.1, 0.15) is 0 Å². The van der Waals surface area contributed by atoms with Crippen molar-refractivity contribution in [1.29, 1.82) is 0 Å². The molecule has 1 unspecified atom stereocenters. The van der Waals surface area contributed by atoms with Gasteiger partial charge in [0.2, 0.25) is 10.7 Å². The Morgan fingerprint density at radius 3 is 2.95 bits per heavy atom. The first-order chi connectivity index (χ1) is 9.79. The van der Waals surface area contributed by atoms with Gasteiger partial charge in [0.15, 0.2) is 0 Å². The highest BCUT2D eigenvalue weighted by Crippen LogP contribution is 2.24. The highest BCUT2D eigenvalue weighted by Gasteiger charge is 2.26. The minimum atomic E-state index is 0.564. The molecular formula is C14H18N4OS. The molecule has 0 saturated carbocycles. The smallest absolute Gasteiger partial charge is 0.230 e. The van der Waals surface area contributed by atoms with E-state index in [1.165, 1.54) is 0 Å². The number of methoxy groups -OCH3 is 1. The first-order valence-electron chi connectivity index (χ1n) is 6.76. The van der Waals surface area contributed by atoms with Crippen LogP contribution in [0.4, 0.5) is 5.95 Å². The number of benzene rings is 1. The van der Waals surface area contributed by atoms with Crippen LogP contribution in [-0.4, -0.2) is 41.6 Å². The summed E-state index contributed by atoms with van der Waals surface area (Å²) in [5, 5.41) is 7.30. The molecule has 5 nitrogen and oxygen atoms in total. The normalized spacial score (nSPS) is 18.6. The second kappa shape index (κ2) is 5.76. The summed E-state index contributed by atoms with van der Waals surface area (Å²) < 4.78 is 7.86. The van der Waals surface area contributed by atoms with Crippen molar-refractivity contribution in [2.45, 2.75) is 6.42 Å². The highest BCUT2D eigenvalue weighted by atomic mass is 32.1. The molecule has 2 heterocycles. The van der Waals surface area contributed by atoms with Crippen molar-refractivity contribution in [1.82, 2.24) is 14.8 Å². The average Bonchev–Trinajstić information content (AvgIpc) is 3.07. The predicted octanol–water partition coefficient (Wildman–Crippen LogP) is 2.40. The summed E-state index contributed by atoms with van der Waals surface area (Å²) in [6.45, 7) is 2.74. The summed E-state index contributed by atoms with van der Waals surface area (Å²) >= 11 is 5.36. The van der Waals surface area contributed by atoms with E-state index in [1.807, 2.05) is 34.9 Å². The van der Waals surface area contributed by atoms with E-state index in [-0.39, 0.29) is 0 Å². The van der Waals surface area contributed by atoms with Gasteiger partial charge in [-0.2, -0.15) is 0 Å². The molecule has 0 radical (unpaired) electrons. The molecule has 1 N–H and O–H groups in total. The number of aromatic nitrogens is 3. The molecule has 6 heteroatoms. The first kappa shape index (κ1) is 13.3. The zero-order valence-electron chi connectivity index (χ0n) is 11.5. The number of para-hydroxylation sites is 1. The fourth-order valence-corrected chi connectivity index (χ4v) is 2.93. The number of hydrogen-bond donors (Lipinski definition) is 1. The maximum atomic E-state index is 5.36. The third-order valence-electron chi connectivity index (χ3n) is 3.64. The molecule has 0 amide bonds. The van der Waals surface area contributed by atoms with Crippen LogP contribution in [0.15, 0.2) is 30.3 Å². The van der Waals surface area contributed by atoms with E-state index in [2.05, 4.69) is 15.1 Å². The Balaban J connectivity index is 1.91. The Morgan fingerprint density at radius 1 is 1.40 bits per heavy atom. The number of anilines is 1. The molecule has 1 fully saturated rings. The SMILES string of the molecule is COCC1CCN(c2n[nH]c(=S)n2-c2ccccc2)C1. The quantitative estimate of drug-likeness (QED) is 0.878. The molecule has 0 bridgehead atoms. The second-order valence-corrected chi connectivity index (χ2v) is 5.44. The average molecular weight is 290 g/mol. The topological polar surface area (TPSA) is 46.1 Å². The summed E-state index contributed by atoms with van der Waals surface area (Å²) in [6.07, 6.45) is 1.13. The second-order valence-electron chi connectivity index (χ2n) is 5.06. The van der Waals surface area contributed by atoms with Crippen LogP contribution in [-0.2, 0) is 4.74 Å². The van der Waals surface area contributed by atoms with Crippen LogP contribution in [0, 0.1) is 10.7 Å². The molecule has 1 aromatic carbocycles.